The van der Waals surface area contributed by atoms with E-state index in [1.807, 2.05) is 23.5 Å². The van der Waals surface area contributed by atoms with Crippen LogP contribution in [0.4, 0.5) is 0 Å². The number of hydrogen-bond donors (Lipinski definition) is 2. The normalized spacial score (nSPS) is 20.2. The first-order chi connectivity index (χ1) is 16.2. The zero-order chi connectivity index (χ0) is 22.9. The van der Waals surface area contributed by atoms with Gasteiger partial charge in [0.05, 0.1) is 12.1 Å². The van der Waals surface area contributed by atoms with Gasteiger partial charge in [0.1, 0.15) is 0 Å². The van der Waals surface area contributed by atoms with Gasteiger partial charge in [0.15, 0.2) is 10.2 Å². The molecule has 0 amide bonds. The van der Waals surface area contributed by atoms with Crippen molar-refractivity contribution < 1.29 is 0 Å². The van der Waals surface area contributed by atoms with Crippen LogP contribution in [-0.2, 0) is 0 Å². The lowest BCUT2D eigenvalue weighted by Gasteiger charge is -2.17. The van der Waals surface area contributed by atoms with Crippen LogP contribution in [0.3, 0.4) is 0 Å². The quantitative estimate of drug-likeness (QED) is 0.310. The Kier molecular flexibility index (Phi) is 9.58. The van der Waals surface area contributed by atoms with Crippen molar-refractivity contribution in [2.24, 2.45) is 0 Å². The molecule has 4 rings (SSSR count). The first-order valence-electron chi connectivity index (χ1n) is 11.6. The fourth-order valence-corrected chi connectivity index (χ4v) is 6.73. The van der Waals surface area contributed by atoms with E-state index in [1.54, 1.807) is 0 Å². The third kappa shape index (κ3) is 7.25. The van der Waals surface area contributed by atoms with Gasteiger partial charge in [-0.25, -0.2) is 0 Å². The molecule has 0 saturated carbocycles. The van der Waals surface area contributed by atoms with E-state index < -0.39 is 0 Å². The summed E-state index contributed by atoms with van der Waals surface area (Å²) in [4.78, 5) is 4.62. The monoisotopic (exact) mass is 516 g/mol. The van der Waals surface area contributed by atoms with Gasteiger partial charge in [-0.1, -0.05) is 60.7 Å². The van der Waals surface area contributed by atoms with Crippen LogP contribution in [0.1, 0.15) is 29.6 Å². The molecule has 2 aliphatic rings. The number of benzene rings is 2. The van der Waals surface area contributed by atoms with Crippen molar-refractivity contribution in [1.82, 2.24) is 20.4 Å². The molecule has 4 nitrogen and oxygen atoms in total. The topological polar surface area (TPSA) is 30.5 Å². The fourth-order valence-electron chi connectivity index (χ4n) is 4.13. The van der Waals surface area contributed by atoms with Crippen LogP contribution in [0, 0.1) is 0 Å². The average Bonchev–Trinajstić information content (AvgIpc) is 3.41. The van der Waals surface area contributed by atoms with E-state index in [9.17, 15) is 0 Å². The number of thioether (sulfide) groups is 2. The summed E-state index contributed by atoms with van der Waals surface area (Å²) in [6.07, 6.45) is 1.25. The Labute approximate surface area is 217 Å². The Morgan fingerprint density at radius 2 is 1.09 bits per heavy atom. The van der Waals surface area contributed by atoms with E-state index in [2.05, 4.69) is 81.1 Å². The lowest BCUT2D eigenvalue weighted by atomic mass is 10.1. The first kappa shape index (κ1) is 24.6. The second-order valence-corrected chi connectivity index (χ2v) is 11.5. The Balaban J connectivity index is 1.02. The average molecular weight is 517 g/mol. The van der Waals surface area contributed by atoms with Crippen LogP contribution in [-0.4, -0.2) is 69.2 Å². The molecule has 0 aliphatic carbocycles. The molecular weight excluding hydrogens is 485 g/mol. The maximum Gasteiger partial charge on any atom is 0.169 e. The van der Waals surface area contributed by atoms with Crippen molar-refractivity contribution in [2.75, 3.05) is 49.2 Å². The van der Waals surface area contributed by atoms with Crippen LogP contribution in [0.5, 0.6) is 0 Å². The van der Waals surface area contributed by atoms with E-state index in [1.165, 1.54) is 29.1 Å². The SMILES string of the molecule is S=C1NC(c2ccccc2)CN1CCSCCCSCCN1CC(c2ccccc2)NC1=S. The van der Waals surface area contributed by atoms with E-state index in [0.717, 1.165) is 47.9 Å². The van der Waals surface area contributed by atoms with Crippen LogP contribution in [0.2, 0.25) is 0 Å². The maximum atomic E-state index is 5.54. The molecule has 2 unspecified atom stereocenters. The van der Waals surface area contributed by atoms with E-state index in [4.69, 9.17) is 24.4 Å². The number of rotatable bonds is 12. The molecule has 2 atom stereocenters. The van der Waals surface area contributed by atoms with Gasteiger partial charge >= 0.3 is 0 Å². The molecular formula is C25H32N4S4. The molecule has 0 radical (unpaired) electrons. The number of nitrogens with one attached hydrogen (secondary N) is 2. The predicted molar refractivity (Wildman–Crippen MR) is 152 cm³/mol. The van der Waals surface area contributed by atoms with Crippen molar-refractivity contribution in [1.29, 1.82) is 0 Å². The summed E-state index contributed by atoms with van der Waals surface area (Å²) in [7, 11) is 0. The van der Waals surface area contributed by atoms with Gasteiger partial charge in [0.25, 0.3) is 0 Å². The summed E-state index contributed by atoms with van der Waals surface area (Å²) in [5.41, 5.74) is 2.63. The summed E-state index contributed by atoms with van der Waals surface area (Å²) < 4.78 is 0. The minimum atomic E-state index is 0.321. The molecule has 2 fully saturated rings. The van der Waals surface area contributed by atoms with Gasteiger partial charge in [-0.15, -0.1) is 0 Å². The molecule has 2 saturated heterocycles. The van der Waals surface area contributed by atoms with Crippen molar-refractivity contribution in [3.63, 3.8) is 0 Å². The molecule has 2 aliphatic heterocycles. The molecule has 33 heavy (non-hydrogen) atoms. The predicted octanol–water partition coefficient (Wildman–Crippen LogP) is 4.71. The zero-order valence-electron chi connectivity index (χ0n) is 18.8. The Morgan fingerprint density at radius 3 is 1.52 bits per heavy atom. The largest absolute Gasteiger partial charge is 0.354 e. The molecule has 0 bridgehead atoms. The molecule has 8 heteroatoms. The van der Waals surface area contributed by atoms with Crippen molar-refractivity contribution in [2.45, 2.75) is 18.5 Å². The second-order valence-electron chi connectivity index (χ2n) is 8.30. The summed E-state index contributed by atoms with van der Waals surface area (Å²) in [5.74, 6) is 4.68. The molecule has 176 valence electrons. The highest BCUT2D eigenvalue weighted by atomic mass is 32.2. The van der Waals surface area contributed by atoms with Crippen LogP contribution >= 0.6 is 48.0 Å². The smallest absolute Gasteiger partial charge is 0.169 e. The summed E-state index contributed by atoms with van der Waals surface area (Å²) >= 11 is 15.2. The second kappa shape index (κ2) is 12.8. The lowest BCUT2D eigenvalue weighted by molar-refractivity contribution is 0.464. The molecule has 0 aromatic heterocycles. The number of hydrogen-bond acceptors (Lipinski definition) is 4. The molecule has 0 spiro atoms. The lowest BCUT2D eigenvalue weighted by Crippen LogP contribution is -2.30. The number of nitrogens with zero attached hydrogens (tertiary/aromatic N) is 2. The van der Waals surface area contributed by atoms with E-state index >= 15 is 0 Å². The van der Waals surface area contributed by atoms with Gasteiger partial charge < -0.3 is 20.4 Å². The van der Waals surface area contributed by atoms with Crippen LogP contribution in [0.25, 0.3) is 0 Å². The van der Waals surface area contributed by atoms with Crippen LogP contribution < -0.4 is 10.6 Å². The standard InChI is InChI=1S/C25H32N4S4/c30-24-26-22(20-8-3-1-4-9-20)18-28(24)12-16-32-14-7-15-33-17-13-29-19-23(27-25(29)31)21-10-5-2-6-11-21/h1-6,8-11,22-23H,7,12-19H2,(H,26,30)(H,27,31). The third-order valence-electron chi connectivity index (χ3n) is 5.97. The highest BCUT2D eigenvalue weighted by Gasteiger charge is 2.27. The highest BCUT2D eigenvalue weighted by molar-refractivity contribution is 8.00. The third-order valence-corrected chi connectivity index (χ3v) is 8.82. The van der Waals surface area contributed by atoms with Crippen LogP contribution in [0.15, 0.2) is 60.7 Å². The van der Waals surface area contributed by atoms with Crippen molar-refractivity contribution >= 4 is 58.2 Å². The Hall–Kier alpha value is -1.48. The van der Waals surface area contributed by atoms with Gasteiger partial charge in [-0.05, 0) is 53.5 Å². The number of thiocarbonyl (C=S) groups is 2. The molecule has 2 heterocycles. The first-order valence-corrected chi connectivity index (χ1v) is 14.7. The minimum absolute atomic E-state index is 0.321. The Morgan fingerprint density at radius 1 is 0.667 bits per heavy atom. The summed E-state index contributed by atoms with van der Waals surface area (Å²) in [5, 5.41) is 8.71. The van der Waals surface area contributed by atoms with Gasteiger partial charge in [-0.3, -0.25) is 0 Å². The van der Waals surface area contributed by atoms with E-state index in [0.29, 0.717) is 12.1 Å². The molecule has 2 N–H and O–H groups in total. The summed E-state index contributed by atoms with van der Waals surface area (Å²) in [6.45, 7) is 3.99. The maximum absolute atomic E-state index is 5.54. The zero-order valence-corrected chi connectivity index (χ0v) is 22.1. The molecule has 2 aromatic rings. The minimum Gasteiger partial charge on any atom is -0.354 e. The Bertz CT molecular complexity index is 822. The van der Waals surface area contributed by atoms with Gasteiger partial charge in [-0.2, -0.15) is 23.5 Å². The summed E-state index contributed by atoms with van der Waals surface area (Å²) in [6, 6.07) is 21.8. The van der Waals surface area contributed by atoms with Crippen molar-refractivity contribution in [3.8, 4) is 0 Å². The van der Waals surface area contributed by atoms with Crippen molar-refractivity contribution in [3.05, 3.63) is 71.8 Å². The highest BCUT2D eigenvalue weighted by Crippen LogP contribution is 2.22. The molecule has 2 aromatic carbocycles. The van der Waals surface area contributed by atoms with Gasteiger partial charge in [0.2, 0.25) is 0 Å². The van der Waals surface area contributed by atoms with Gasteiger partial charge in [0, 0.05) is 37.7 Å². The van der Waals surface area contributed by atoms with E-state index in [-0.39, 0.29) is 0 Å². The fraction of sp³-hybridized carbons (Fsp3) is 0.440.